The number of carbonyl (C=O) groups excluding carboxylic acids is 1. The van der Waals surface area contributed by atoms with Gasteiger partial charge in [0, 0.05) is 37.7 Å². The maximum absolute atomic E-state index is 12.9. The molecule has 4 N–H and O–H groups in total. The fourth-order valence-electron chi connectivity index (χ4n) is 4.28. The average molecular weight is 600 g/mol. The third kappa shape index (κ3) is 5.48. The van der Waals surface area contributed by atoms with Crippen LogP contribution in [0.15, 0.2) is 60.7 Å². The van der Waals surface area contributed by atoms with Gasteiger partial charge in [0.2, 0.25) is 0 Å². The van der Waals surface area contributed by atoms with Gasteiger partial charge in [-0.25, -0.2) is 18.2 Å². The first-order valence-electron chi connectivity index (χ1n) is 10.8. The summed E-state index contributed by atoms with van der Waals surface area (Å²) in [5.41, 5.74) is 0.450. The van der Waals surface area contributed by atoms with Crippen molar-refractivity contribution < 1.29 is 66.0 Å². The molecule has 0 saturated carbocycles. The Kier molecular flexibility index (Phi) is 7.72. The number of ether oxygens (including phenoxy) is 3. The summed E-state index contributed by atoms with van der Waals surface area (Å²) in [6.07, 6.45) is 0. The Morgan fingerprint density at radius 3 is 2.23 bits per heavy atom. The zero-order valence-electron chi connectivity index (χ0n) is 19.7. The largest absolute Gasteiger partial charge is 0.761 e. The summed E-state index contributed by atoms with van der Waals surface area (Å²) >= 11 is 0. The molecule has 0 aromatic heterocycles. The van der Waals surface area contributed by atoms with Crippen LogP contribution in [0.3, 0.4) is 0 Å². The van der Waals surface area contributed by atoms with E-state index in [2.05, 4.69) is 8.62 Å². The lowest BCUT2D eigenvalue weighted by Gasteiger charge is -2.36. The van der Waals surface area contributed by atoms with Gasteiger partial charge in [-0.05, 0) is 37.3 Å². The zero-order chi connectivity index (χ0) is 27.3. The Bertz CT molecular complexity index is 1570. The molecular formula is C22H19O14P3. The summed E-state index contributed by atoms with van der Waals surface area (Å²) in [6, 6.07) is 16.0. The van der Waals surface area contributed by atoms with Gasteiger partial charge in [-0.2, -0.15) is 0 Å². The summed E-state index contributed by atoms with van der Waals surface area (Å²) < 4.78 is 64.7. The predicted octanol–water partition coefficient (Wildman–Crippen LogP) is 3.46. The van der Waals surface area contributed by atoms with E-state index in [0.717, 1.165) is 0 Å². The van der Waals surface area contributed by atoms with E-state index >= 15 is 0 Å². The molecule has 2 aliphatic rings. The highest BCUT2D eigenvalue weighted by atomic mass is 31.3. The molecule has 206 valence electrons. The number of hydrogen-bond acceptors (Lipinski definition) is 11. The van der Waals surface area contributed by atoms with Crippen LogP contribution in [-0.4, -0.2) is 27.8 Å². The Balaban J connectivity index is 0.00000353. The van der Waals surface area contributed by atoms with Gasteiger partial charge in [0.25, 0.3) is 7.82 Å². The van der Waals surface area contributed by atoms with E-state index in [0.29, 0.717) is 40.4 Å². The molecule has 4 atom stereocenters. The van der Waals surface area contributed by atoms with Crippen LogP contribution in [0.25, 0.3) is 0 Å². The number of fused-ring (bicyclic) bond motifs is 6. The van der Waals surface area contributed by atoms with E-state index in [9.17, 15) is 28.3 Å². The third-order valence-corrected chi connectivity index (χ3v) is 8.89. The molecule has 1 spiro atoms. The molecule has 5 rings (SSSR count). The Hall–Kier alpha value is -3.15. The lowest BCUT2D eigenvalue weighted by Crippen LogP contribution is -2.33. The lowest BCUT2D eigenvalue weighted by molar-refractivity contribution is -0.212. The number of carbonyl (C=O) groups is 1. The van der Waals surface area contributed by atoms with Gasteiger partial charge in [-0.1, -0.05) is 18.2 Å². The Morgan fingerprint density at radius 2 is 1.59 bits per heavy atom. The first-order valence-corrected chi connectivity index (χ1v) is 14.9. The van der Waals surface area contributed by atoms with Gasteiger partial charge < -0.3 is 29.5 Å². The molecule has 0 aliphatic carbocycles. The number of hydrogen-bond donors (Lipinski definition) is 2. The monoisotopic (exact) mass is 600 g/mol. The van der Waals surface area contributed by atoms with Crippen LogP contribution < -0.4 is 18.9 Å². The summed E-state index contributed by atoms with van der Waals surface area (Å²) in [7, 11) is -14.6. The molecule has 3 aromatic rings. The van der Waals surface area contributed by atoms with Gasteiger partial charge in [0.1, 0.15) is 17.2 Å². The van der Waals surface area contributed by atoms with Gasteiger partial charge >= 0.3 is 22.0 Å². The second-order valence-electron chi connectivity index (χ2n) is 7.88. The van der Waals surface area contributed by atoms with Crippen LogP contribution in [0.5, 0.6) is 23.0 Å². The molecule has 0 fully saturated rings. The van der Waals surface area contributed by atoms with E-state index < -0.39 is 35.5 Å². The topological polar surface area (TPSA) is 219 Å². The minimum atomic E-state index is -5.67. The van der Waals surface area contributed by atoms with Crippen molar-refractivity contribution in [3.05, 3.63) is 82.9 Å². The van der Waals surface area contributed by atoms with Gasteiger partial charge in [-0.15, -0.1) is 0 Å². The molecule has 14 nitrogen and oxygen atoms in total. The van der Waals surface area contributed by atoms with Crippen molar-refractivity contribution in [3.8, 4) is 23.0 Å². The van der Waals surface area contributed by atoms with Crippen LogP contribution in [0, 0.1) is 0 Å². The molecular weight excluding hydrogens is 581 g/mol. The number of benzene rings is 3. The second-order valence-corrected chi connectivity index (χ2v) is 11.7. The lowest BCUT2D eigenvalue weighted by atomic mass is 9.77. The van der Waals surface area contributed by atoms with Gasteiger partial charge in [0.05, 0.1) is 12.2 Å². The summed E-state index contributed by atoms with van der Waals surface area (Å²) in [4.78, 5) is 41.5. The van der Waals surface area contributed by atoms with Crippen molar-refractivity contribution in [1.29, 1.82) is 0 Å². The highest BCUT2D eigenvalue weighted by Gasteiger charge is 2.53. The van der Waals surface area contributed by atoms with Crippen LogP contribution in [0.4, 0.5) is 0 Å². The molecule has 3 aromatic carbocycles. The third-order valence-electron chi connectivity index (χ3n) is 5.52. The quantitative estimate of drug-likeness (QED) is 0.280. The number of rotatable bonds is 8. The summed E-state index contributed by atoms with van der Waals surface area (Å²) in [5, 5.41) is 0. The molecule has 4 unspecified atom stereocenters. The fraction of sp³-hybridized carbons (Fsp3) is 0.136. The maximum Gasteiger partial charge on any atom is 0.761 e. The van der Waals surface area contributed by atoms with E-state index in [1.54, 1.807) is 42.5 Å². The molecule has 0 amide bonds. The molecule has 0 radical (unpaired) electrons. The Labute approximate surface area is 221 Å². The van der Waals surface area contributed by atoms with Crippen LogP contribution in [0.2, 0.25) is 0 Å². The van der Waals surface area contributed by atoms with Crippen molar-refractivity contribution in [2.75, 3.05) is 6.61 Å². The minimum absolute atomic E-state index is 0. The first kappa shape index (κ1) is 28.8. The SMILES string of the molecule is CCOc1ccc2c(c1)Oc1cc(O[P+](=O)OP(=O)(O)OP(=O)([O-])O)ccc1C21OC(=O)c2ccccc21.O. The summed E-state index contributed by atoms with van der Waals surface area (Å²) in [5.74, 6) is 0.178. The Morgan fingerprint density at radius 1 is 0.974 bits per heavy atom. The standard InChI is InChI=1S/C22H17O13P3.H2O/c1-2-30-13-7-9-17-19(11-13)31-20-12-14(33-36(24)34-38(28,29)35-37(25,26)27)8-10-18(20)22(17)16-6-4-3-5-15(16)21(23)32-22;/h3-12H,2H2,1H3,(H2-,25,26,27,28,29);1H2. The fourth-order valence-corrected chi connectivity index (χ4v) is 6.81. The highest BCUT2D eigenvalue weighted by molar-refractivity contribution is 7.63. The van der Waals surface area contributed by atoms with Crippen LogP contribution in [0.1, 0.15) is 34.0 Å². The maximum atomic E-state index is 12.9. The van der Waals surface area contributed by atoms with Crippen molar-refractivity contribution >= 4 is 29.9 Å². The van der Waals surface area contributed by atoms with E-state index in [-0.39, 0.29) is 17.0 Å². The normalized spacial score (nSPS) is 20.1. The molecule has 39 heavy (non-hydrogen) atoms. The van der Waals surface area contributed by atoms with Crippen molar-refractivity contribution in [1.82, 2.24) is 0 Å². The first-order chi connectivity index (χ1) is 17.9. The molecule has 17 heteroatoms. The molecule has 2 heterocycles. The van der Waals surface area contributed by atoms with Crippen molar-refractivity contribution in [3.63, 3.8) is 0 Å². The van der Waals surface area contributed by atoms with Crippen molar-refractivity contribution in [2.24, 2.45) is 0 Å². The number of phosphoric acid groups is 2. The van der Waals surface area contributed by atoms with E-state index in [1.807, 2.05) is 6.92 Å². The summed E-state index contributed by atoms with van der Waals surface area (Å²) in [6.45, 7) is 2.20. The molecule has 0 bridgehead atoms. The zero-order valence-corrected chi connectivity index (χ0v) is 22.4. The average Bonchev–Trinajstić information content (AvgIpc) is 3.10. The smallest absolute Gasteiger partial charge is 0.756 e. The van der Waals surface area contributed by atoms with Crippen molar-refractivity contribution in [2.45, 2.75) is 12.5 Å². The second kappa shape index (κ2) is 10.4. The van der Waals surface area contributed by atoms with E-state index in [4.69, 9.17) is 23.6 Å². The molecule has 2 aliphatic heterocycles. The number of esters is 1. The van der Waals surface area contributed by atoms with Gasteiger partial charge in [-0.3, -0.25) is 9.46 Å². The van der Waals surface area contributed by atoms with Gasteiger partial charge in [0.15, 0.2) is 11.4 Å². The highest BCUT2D eigenvalue weighted by Crippen LogP contribution is 2.61. The van der Waals surface area contributed by atoms with Crippen LogP contribution >= 0.6 is 23.9 Å². The molecule has 0 saturated heterocycles. The van der Waals surface area contributed by atoms with E-state index in [1.165, 1.54) is 18.2 Å². The minimum Gasteiger partial charge on any atom is -0.756 e. The van der Waals surface area contributed by atoms with Crippen LogP contribution in [-0.2, 0) is 32.7 Å². The predicted molar refractivity (Wildman–Crippen MR) is 130 cm³/mol.